The molecule has 0 aliphatic carbocycles. The summed E-state index contributed by atoms with van der Waals surface area (Å²) >= 11 is 6.09. The quantitative estimate of drug-likeness (QED) is 0.685. The van der Waals surface area contributed by atoms with E-state index < -0.39 is 18.1 Å². The summed E-state index contributed by atoms with van der Waals surface area (Å²) < 4.78 is 27.0. The van der Waals surface area contributed by atoms with Crippen LogP contribution in [-0.2, 0) is 14.3 Å². The minimum atomic E-state index is -0.863. The van der Waals surface area contributed by atoms with Crippen LogP contribution in [0.5, 0.6) is 17.2 Å². The first-order chi connectivity index (χ1) is 13.5. The molecule has 0 N–H and O–H groups in total. The van der Waals surface area contributed by atoms with Crippen molar-refractivity contribution in [1.82, 2.24) is 0 Å². The highest BCUT2D eigenvalue weighted by molar-refractivity contribution is 6.30. The molecule has 2 atom stereocenters. The van der Waals surface area contributed by atoms with Gasteiger partial charge in [0.25, 0.3) is 0 Å². The lowest BCUT2D eigenvalue weighted by molar-refractivity contribution is -0.143. The summed E-state index contributed by atoms with van der Waals surface area (Å²) in [5.74, 6) is 1.10. The summed E-state index contributed by atoms with van der Waals surface area (Å²) in [5, 5.41) is 0.533. The third-order valence-electron chi connectivity index (χ3n) is 4.31. The number of benzene rings is 2. The van der Waals surface area contributed by atoms with E-state index in [9.17, 15) is 4.79 Å². The van der Waals surface area contributed by atoms with E-state index in [0.29, 0.717) is 33.4 Å². The molecule has 0 spiro atoms. The van der Waals surface area contributed by atoms with Gasteiger partial charge in [0.15, 0.2) is 23.6 Å². The first-order valence-corrected chi connectivity index (χ1v) is 8.78. The highest BCUT2D eigenvalue weighted by Gasteiger charge is 2.39. The van der Waals surface area contributed by atoms with Gasteiger partial charge in [-0.05, 0) is 29.8 Å². The maximum atomic E-state index is 12.3. The van der Waals surface area contributed by atoms with Gasteiger partial charge in [-0.2, -0.15) is 0 Å². The standard InChI is InChI=1S/C20H20ClNO6/c1-24-14-9-12(10-15(25-2)18(14)26-3)19-22-16(20(23)27-4)17(28-19)11-6-5-7-13(21)8-11/h5-10,16-17H,1-4H3/t16-,17+/m1/s1. The maximum absolute atomic E-state index is 12.3. The Morgan fingerprint density at radius 2 is 1.71 bits per heavy atom. The zero-order valence-electron chi connectivity index (χ0n) is 15.9. The van der Waals surface area contributed by atoms with Gasteiger partial charge >= 0.3 is 5.97 Å². The summed E-state index contributed by atoms with van der Waals surface area (Å²) in [6, 6.07) is 9.62. The monoisotopic (exact) mass is 405 g/mol. The highest BCUT2D eigenvalue weighted by atomic mass is 35.5. The van der Waals surface area contributed by atoms with Crippen molar-refractivity contribution in [2.75, 3.05) is 28.4 Å². The lowest BCUT2D eigenvalue weighted by atomic mass is 10.0. The number of esters is 1. The van der Waals surface area contributed by atoms with Gasteiger partial charge in [-0.25, -0.2) is 9.79 Å². The van der Waals surface area contributed by atoms with Gasteiger partial charge in [-0.1, -0.05) is 23.7 Å². The minimum absolute atomic E-state index is 0.264. The van der Waals surface area contributed by atoms with Gasteiger partial charge in [0.05, 0.1) is 28.4 Å². The number of halogens is 1. The number of hydrogen-bond donors (Lipinski definition) is 0. The fourth-order valence-corrected chi connectivity index (χ4v) is 3.19. The Balaban J connectivity index is 2.04. The Morgan fingerprint density at radius 3 is 2.25 bits per heavy atom. The molecule has 0 bridgehead atoms. The third kappa shape index (κ3) is 3.71. The van der Waals surface area contributed by atoms with Crippen LogP contribution >= 0.6 is 11.6 Å². The molecule has 0 unspecified atom stereocenters. The molecule has 0 aromatic heterocycles. The van der Waals surface area contributed by atoms with Crippen LogP contribution in [0, 0.1) is 0 Å². The zero-order valence-corrected chi connectivity index (χ0v) is 16.6. The normalized spacial score (nSPS) is 18.1. The van der Waals surface area contributed by atoms with Gasteiger partial charge in [-0.3, -0.25) is 0 Å². The smallest absolute Gasteiger partial charge is 0.335 e. The first kappa shape index (κ1) is 19.8. The molecule has 1 aliphatic heterocycles. The Bertz CT molecular complexity index is 888. The molecule has 0 radical (unpaired) electrons. The summed E-state index contributed by atoms with van der Waals surface area (Å²) in [7, 11) is 5.87. The van der Waals surface area contributed by atoms with Crippen molar-refractivity contribution in [3.8, 4) is 17.2 Å². The minimum Gasteiger partial charge on any atom is -0.493 e. The van der Waals surface area contributed by atoms with E-state index in [1.165, 1.54) is 28.4 Å². The molecule has 7 nitrogen and oxygen atoms in total. The molecule has 2 aromatic rings. The average Bonchev–Trinajstić information content (AvgIpc) is 3.17. The Kier molecular flexibility index (Phi) is 5.94. The van der Waals surface area contributed by atoms with Crippen molar-refractivity contribution in [3.63, 3.8) is 0 Å². The van der Waals surface area contributed by atoms with Crippen molar-refractivity contribution in [2.45, 2.75) is 12.1 Å². The number of carbonyl (C=O) groups excluding carboxylic acids is 1. The predicted octanol–water partition coefficient (Wildman–Crippen LogP) is 3.43. The summed E-state index contributed by atoms with van der Waals surface area (Å²) in [6.45, 7) is 0. The molecule has 0 saturated carbocycles. The molecule has 148 valence electrons. The molecule has 0 fully saturated rings. The van der Waals surface area contributed by atoms with Crippen LogP contribution in [0.25, 0.3) is 0 Å². The predicted molar refractivity (Wildman–Crippen MR) is 104 cm³/mol. The molecule has 28 heavy (non-hydrogen) atoms. The number of aliphatic imine (C=N–C) groups is 1. The molecule has 2 aromatic carbocycles. The molecule has 1 aliphatic rings. The SMILES string of the molecule is COC(=O)[C@@H]1N=C(c2cc(OC)c(OC)c(OC)c2)O[C@H]1c1cccc(Cl)c1. The Labute approximate surface area is 167 Å². The summed E-state index contributed by atoms with van der Waals surface area (Å²) in [6.07, 6.45) is -0.666. The summed E-state index contributed by atoms with van der Waals surface area (Å²) in [5.41, 5.74) is 1.29. The third-order valence-corrected chi connectivity index (χ3v) is 4.55. The molecule has 3 rings (SSSR count). The topological polar surface area (TPSA) is 75.6 Å². The van der Waals surface area contributed by atoms with Crippen molar-refractivity contribution >= 4 is 23.5 Å². The first-order valence-electron chi connectivity index (χ1n) is 8.40. The second kappa shape index (κ2) is 8.39. The Hall–Kier alpha value is -2.93. The average molecular weight is 406 g/mol. The van der Waals surface area contributed by atoms with E-state index in [1.54, 1.807) is 30.3 Å². The number of carbonyl (C=O) groups is 1. The number of rotatable bonds is 6. The molecular formula is C20H20ClNO6. The van der Waals surface area contributed by atoms with Gasteiger partial charge in [0, 0.05) is 10.6 Å². The number of ether oxygens (including phenoxy) is 5. The van der Waals surface area contributed by atoms with Crippen LogP contribution < -0.4 is 14.2 Å². The van der Waals surface area contributed by atoms with E-state index in [2.05, 4.69) is 4.99 Å². The molecule has 0 saturated heterocycles. The molecular weight excluding hydrogens is 386 g/mol. The van der Waals surface area contributed by atoms with Crippen LogP contribution in [0.1, 0.15) is 17.2 Å². The highest BCUT2D eigenvalue weighted by Crippen LogP contribution is 2.40. The lowest BCUT2D eigenvalue weighted by Crippen LogP contribution is -2.25. The van der Waals surface area contributed by atoms with Gasteiger partial charge in [-0.15, -0.1) is 0 Å². The second-order valence-electron chi connectivity index (χ2n) is 5.91. The van der Waals surface area contributed by atoms with Crippen LogP contribution in [0.2, 0.25) is 5.02 Å². The number of hydrogen-bond acceptors (Lipinski definition) is 7. The number of nitrogens with zero attached hydrogens (tertiary/aromatic N) is 1. The molecule has 8 heteroatoms. The largest absolute Gasteiger partial charge is 0.493 e. The van der Waals surface area contributed by atoms with E-state index in [4.69, 9.17) is 35.3 Å². The fraction of sp³-hybridized carbons (Fsp3) is 0.300. The van der Waals surface area contributed by atoms with Crippen LogP contribution in [0.15, 0.2) is 41.4 Å². The molecule has 1 heterocycles. The zero-order chi connectivity index (χ0) is 20.3. The van der Waals surface area contributed by atoms with Crippen LogP contribution in [-0.4, -0.2) is 46.3 Å². The fourth-order valence-electron chi connectivity index (χ4n) is 2.99. The maximum Gasteiger partial charge on any atom is 0.335 e. The van der Waals surface area contributed by atoms with Crippen LogP contribution in [0.4, 0.5) is 0 Å². The number of methoxy groups -OCH3 is 4. The van der Waals surface area contributed by atoms with Crippen molar-refractivity contribution in [1.29, 1.82) is 0 Å². The van der Waals surface area contributed by atoms with Gasteiger partial charge in [0.2, 0.25) is 11.6 Å². The van der Waals surface area contributed by atoms with E-state index in [0.717, 1.165) is 0 Å². The van der Waals surface area contributed by atoms with Gasteiger partial charge in [0.1, 0.15) is 0 Å². The van der Waals surface area contributed by atoms with Gasteiger partial charge < -0.3 is 23.7 Å². The second-order valence-corrected chi connectivity index (χ2v) is 6.35. The molecule has 0 amide bonds. The van der Waals surface area contributed by atoms with E-state index in [1.807, 2.05) is 6.07 Å². The van der Waals surface area contributed by atoms with Crippen molar-refractivity contribution < 1.29 is 28.5 Å². The lowest BCUT2D eigenvalue weighted by Gasteiger charge is -2.17. The van der Waals surface area contributed by atoms with Crippen molar-refractivity contribution in [2.24, 2.45) is 4.99 Å². The Morgan fingerprint density at radius 1 is 1.04 bits per heavy atom. The van der Waals surface area contributed by atoms with E-state index >= 15 is 0 Å². The van der Waals surface area contributed by atoms with E-state index in [-0.39, 0.29) is 5.90 Å². The van der Waals surface area contributed by atoms with Crippen molar-refractivity contribution in [3.05, 3.63) is 52.5 Å². The van der Waals surface area contributed by atoms with Crippen LogP contribution in [0.3, 0.4) is 0 Å². The summed E-state index contributed by atoms with van der Waals surface area (Å²) in [4.78, 5) is 16.7.